The van der Waals surface area contributed by atoms with Crippen LogP contribution < -0.4 is 16.6 Å². The van der Waals surface area contributed by atoms with Gasteiger partial charge in [0.2, 0.25) is 5.91 Å². The lowest BCUT2D eigenvalue weighted by molar-refractivity contribution is -0.116. The van der Waals surface area contributed by atoms with E-state index in [4.69, 9.17) is 11.6 Å². The maximum Gasteiger partial charge on any atom is 0.332 e. The van der Waals surface area contributed by atoms with Crippen LogP contribution in [0.25, 0.3) is 11.2 Å². The van der Waals surface area contributed by atoms with Crippen molar-refractivity contribution in [3.05, 3.63) is 73.1 Å². The van der Waals surface area contributed by atoms with E-state index in [0.29, 0.717) is 16.6 Å². The van der Waals surface area contributed by atoms with E-state index in [1.54, 1.807) is 13.2 Å². The highest BCUT2D eigenvalue weighted by Gasteiger charge is 2.17. The Morgan fingerprint density at radius 3 is 2.73 bits per heavy atom. The van der Waals surface area contributed by atoms with Crippen LogP contribution >= 0.6 is 22.9 Å². The maximum atomic E-state index is 12.7. The van der Waals surface area contributed by atoms with Crippen molar-refractivity contribution in [2.45, 2.75) is 13.0 Å². The highest BCUT2D eigenvalue weighted by molar-refractivity contribution is 7.15. The lowest BCUT2D eigenvalue weighted by atomic mass is 10.1. The molecule has 0 aliphatic rings. The molecule has 3 heterocycles. The summed E-state index contributed by atoms with van der Waals surface area (Å²) in [6.07, 6.45) is 3.70. The lowest BCUT2D eigenvalue weighted by Gasteiger charge is -2.08. The van der Waals surface area contributed by atoms with Gasteiger partial charge in [0, 0.05) is 36.6 Å². The zero-order valence-electron chi connectivity index (χ0n) is 16.1. The van der Waals surface area contributed by atoms with Crippen LogP contribution in [0.2, 0.25) is 5.02 Å². The predicted octanol–water partition coefficient (Wildman–Crippen LogP) is 1.77. The molecule has 0 bridgehead atoms. The number of anilines is 1. The number of aryl methyl sites for hydroxylation is 2. The Morgan fingerprint density at radius 2 is 1.97 bits per heavy atom. The SMILES string of the molecule is Cn1cnc2c1c(=O)n(CC(=O)Nc1ncc(Cc3ccccc3Cl)s1)c(=O)n2C. The van der Waals surface area contributed by atoms with Gasteiger partial charge in [0.25, 0.3) is 5.56 Å². The highest BCUT2D eigenvalue weighted by atomic mass is 35.5. The van der Waals surface area contributed by atoms with Crippen molar-refractivity contribution in [2.75, 3.05) is 5.32 Å². The highest BCUT2D eigenvalue weighted by Crippen LogP contribution is 2.24. The van der Waals surface area contributed by atoms with Crippen LogP contribution in [0.5, 0.6) is 0 Å². The largest absolute Gasteiger partial charge is 0.332 e. The number of rotatable bonds is 5. The minimum Gasteiger partial charge on any atom is -0.328 e. The van der Waals surface area contributed by atoms with Crippen LogP contribution in [-0.4, -0.2) is 29.6 Å². The number of benzene rings is 1. The van der Waals surface area contributed by atoms with E-state index in [1.807, 2.05) is 24.3 Å². The summed E-state index contributed by atoms with van der Waals surface area (Å²) in [7, 11) is 3.16. The number of imidazole rings is 1. The molecule has 11 heteroatoms. The molecular weight excluding hydrogens is 428 g/mol. The number of carbonyl (C=O) groups is 1. The zero-order chi connectivity index (χ0) is 21.4. The summed E-state index contributed by atoms with van der Waals surface area (Å²) in [5, 5.41) is 3.69. The van der Waals surface area contributed by atoms with E-state index in [2.05, 4.69) is 15.3 Å². The van der Waals surface area contributed by atoms with E-state index in [0.717, 1.165) is 15.0 Å². The van der Waals surface area contributed by atoms with Crippen molar-refractivity contribution in [2.24, 2.45) is 14.1 Å². The van der Waals surface area contributed by atoms with Crippen molar-refractivity contribution in [1.82, 2.24) is 23.7 Å². The first-order chi connectivity index (χ1) is 14.3. The van der Waals surface area contributed by atoms with Crippen molar-refractivity contribution in [1.29, 1.82) is 0 Å². The molecule has 9 nitrogen and oxygen atoms in total. The Labute approximate surface area is 179 Å². The van der Waals surface area contributed by atoms with Crippen molar-refractivity contribution < 1.29 is 4.79 Å². The number of fused-ring (bicyclic) bond motifs is 1. The predicted molar refractivity (Wildman–Crippen MR) is 115 cm³/mol. The molecule has 0 saturated carbocycles. The van der Waals surface area contributed by atoms with E-state index >= 15 is 0 Å². The summed E-state index contributed by atoms with van der Waals surface area (Å²) in [6, 6.07) is 7.51. The Morgan fingerprint density at radius 1 is 1.20 bits per heavy atom. The summed E-state index contributed by atoms with van der Waals surface area (Å²) in [5.74, 6) is -0.519. The molecule has 0 fully saturated rings. The van der Waals surface area contributed by atoms with E-state index < -0.39 is 23.7 Å². The molecule has 1 amide bonds. The number of nitrogens with one attached hydrogen (secondary N) is 1. The Kier molecular flexibility index (Phi) is 5.27. The first-order valence-corrected chi connectivity index (χ1v) is 10.1. The first-order valence-electron chi connectivity index (χ1n) is 8.94. The summed E-state index contributed by atoms with van der Waals surface area (Å²) in [6.45, 7) is -0.425. The molecule has 1 aromatic carbocycles. The van der Waals surface area contributed by atoms with Crippen LogP contribution in [0.4, 0.5) is 5.13 Å². The molecular formula is C19H17ClN6O3S. The summed E-state index contributed by atoms with van der Waals surface area (Å²) in [4.78, 5) is 46.9. The molecule has 4 aromatic rings. The molecule has 30 heavy (non-hydrogen) atoms. The van der Waals surface area contributed by atoms with Gasteiger partial charge in [-0.05, 0) is 11.6 Å². The van der Waals surface area contributed by atoms with Gasteiger partial charge >= 0.3 is 5.69 Å². The van der Waals surface area contributed by atoms with Gasteiger partial charge in [0.1, 0.15) is 6.54 Å². The fourth-order valence-corrected chi connectivity index (χ4v) is 4.17. The van der Waals surface area contributed by atoms with E-state index in [9.17, 15) is 14.4 Å². The zero-order valence-corrected chi connectivity index (χ0v) is 17.7. The normalized spacial score (nSPS) is 11.2. The lowest BCUT2D eigenvalue weighted by Crippen LogP contribution is -2.42. The fourth-order valence-electron chi connectivity index (χ4n) is 3.11. The number of carbonyl (C=O) groups excluding carboxylic acids is 1. The van der Waals surface area contributed by atoms with Crippen LogP contribution in [0.1, 0.15) is 10.4 Å². The molecule has 0 saturated heterocycles. The third-order valence-electron chi connectivity index (χ3n) is 4.63. The Bertz CT molecular complexity index is 1380. The molecule has 0 unspecified atom stereocenters. The molecule has 3 aromatic heterocycles. The van der Waals surface area contributed by atoms with Crippen LogP contribution in [0, 0.1) is 0 Å². The maximum absolute atomic E-state index is 12.7. The topological polar surface area (TPSA) is 104 Å². The van der Waals surface area contributed by atoms with Crippen LogP contribution in [0.3, 0.4) is 0 Å². The number of hydrogen-bond acceptors (Lipinski definition) is 6. The third kappa shape index (κ3) is 3.66. The van der Waals surface area contributed by atoms with E-state index in [-0.39, 0.29) is 11.2 Å². The number of hydrogen-bond donors (Lipinski definition) is 1. The Hall–Kier alpha value is -3.24. The standard InChI is InChI=1S/C19H17ClN6O3S/c1-24-10-22-16-15(24)17(28)26(19(29)25(16)2)9-14(27)23-18-21-8-12(30-18)7-11-5-3-4-6-13(11)20/h3-6,8,10H,7,9H2,1-2H3,(H,21,23,27). The second-order valence-electron chi connectivity index (χ2n) is 6.71. The molecule has 1 N–H and O–H groups in total. The number of nitrogens with zero attached hydrogens (tertiary/aromatic N) is 5. The van der Waals surface area contributed by atoms with Gasteiger partial charge in [0.05, 0.1) is 6.33 Å². The third-order valence-corrected chi connectivity index (χ3v) is 5.91. The first kappa shape index (κ1) is 20.0. The average molecular weight is 445 g/mol. The summed E-state index contributed by atoms with van der Waals surface area (Å²) >= 11 is 7.49. The smallest absolute Gasteiger partial charge is 0.328 e. The molecule has 0 aliphatic heterocycles. The monoisotopic (exact) mass is 444 g/mol. The van der Waals surface area contributed by atoms with E-state index in [1.165, 1.54) is 33.8 Å². The van der Waals surface area contributed by atoms with Gasteiger partial charge in [0.15, 0.2) is 16.3 Å². The van der Waals surface area contributed by atoms with Gasteiger partial charge in [-0.3, -0.25) is 14.2 Å². The molecule has 0 aliphatic carbocycles. The number of amides is 1. The number of thiazole rings is 1. The summed E-state index contributed by atoms with van der Waals surface area (Å²) in [5.41, 5.74) is 0.302. The molecule has 0 spiro atoms. The Balaban J connectivity index is 1.53. The number of halogens is 1. The van der Waals surface area contributed by atoms with Crippen molar-refractivity contribution >= 4 is 45.1 Å². The van der Waals surface area contributed by atoms with Crippen molar-refractivity contribution in [3.63, 3.8) is 0 Å². The molecule has 4 rings (SSSR count). The second kappa shape index (κ2) is 7.88. The minimum absolute atomic E-state index is 0.251. The molecule has 154 valence electrons. The molecule has 0 atom stereocenters. The minimum atomic E-state index is -0.611. The number of aromatic nitrogens is 5. The fraction of sp³-hybridized carbons (Fsp3) is 0.211. The van der Waals surface area contributed by atoms with Gasteiger partial charge in [-0.15, -0.1) is 11.3 Å². The van der Waals surface area contributed by atoms with Crippen LogP contribution in [-0.2, 0) is 31.9 Å². The van der Waals surface area contributed by atoms with Crippen molar-refractivity contribution in [3.8, 4) is 0 Å². The van der Waals surface area contributed by atoms with Gasteiger partial charge in [-0.25, -0.2) is 19.3 Å². The van der Waals surface area contributed by atoms with Gasteiger partial charge < -0.3 is 9.88 Å². The van der Waals surface area contributed by atoms with Crippen LogP contribution in [0.15, 0.2) is 46.4 Å². The van der Waals surface area contributed by atoms with Gasteiger partial charge in [-0.2, -0.15) is 0 Å². The second-order valence-corrected chi connectivity index (χ2v) is 8.23. The quantitative estimate of drug-likeness (QED) is 0.505. The van der Waals surface area contributed by atoms with Gasteiger partial charge in [-0.1, -0.05) is 29.8 Å². The summed E-state index contributed by atoms with van der Waals surface area (Å²) < 4.78 is 3.65. The molecule has 0 radical (unpaired) electrons. The average Bonchev–Trinajstić information content (AvgIpc) is 3.32.